The number of hydrogen-bond acceptors (Lipinski definition) is 3. The summed E-state index contributed by atoms with van der Waals surface area (Å²) in [7, 11) is 0. The van der Waals surface area contributed by atoms with Gasteiger partial charge in [-0.3, -0.25) is 14.5 Å². The minimum atomic E-state index is -0.419. The third-order valence-electron chi connectivity index (χ3n) is 4.43. The molecule has 1 saturated carbocycles. The van der Waals surface area contributed by atoms with Gasteiger partial charge in [0.15, 0.2) is 0 Å². The van der Waals surface area contributed by atoms with Crippen LogP contribution in [0.15, 0.2) is 0 Å². The van der Waals surface area contributed by atoms with Crippen LogP contribution in [-0.2, 0) is 9.59 Å². The molecule has 2 amide bonds. The molecule has 1 saturated heterocycles. The zero-order valence-corrected chi connectivity index (χ0v) is 12.3. The second-order valence-corrected chi connectivity index (χ2v) is 6.48. The molecular weight excluding hydrogens is 260 g/mol. The lowest BCUT2D eigenvalue weighted by atomic mass is 9.79. The third kappa shape index (κ3) is 2.81. The Hall–Kier alpha value is -0.970. The highest BCUT2D eigenvalue weighted by molar-refractivity contribution is 7.80. The number of rotatable bonds is 3. The molecule has 2 aliphatic rings. The van der Waals surface area contributed by atoms with Crippen LogP contribution in [0.1, 0.15) is 58.3 Å². The van der Waals surface area contributed by atoms with Gasteiger partial charge in [0.2, 0.25) is 11.8 Å². The Morgan fingerprint density at radius 3 is 2.42 bits per heavy atom. The van der Waals surface area contributed by atoms with Crippen LogP contribution in [0.2, 0.25) is 0 Å². The summed E-state index contributed by atoms with van der Waals surface area (Å²) in [6.45, 7) is 1.85. The van der Waals surface area contributed by atoms with Crippen molar-refractivity contribution in [1.29, 1.82) is 0 Å². The van der Waals surface area contributed by atoms with Gasteiger partial charge in [0.1, 0.15) is 0 Å². The van der Waals surface area contributed by atoms with E-state index in [4.69, 9.17) is 18.0 Å². The molecule has 1 atom stereocenters. The Morgan fingerprint density at radius 2 is 1.89 bits per heavy atom. The molecule has 0 bridgehead atoms. The molecule has 2 rings (SSSR count). The highest BCUT2D eigenvalue weighted by Crippen LogP contribution is 2.45. The monoisotopic (exact) mass is 282 g/mol. The maximum atomic E-state index is 12.7. The van der Waals surface area contributed by atoms with Crippen molar-refractivity contribution in [3.8, 4) is 0 Å². The van der Waals surface area contributed by atoms with Crippen LogP contribution in [0.5, 0.6) is 0 Å². The van der Waals surface area contributed by atoms with Crippen molar-refractivity contribution in [2.75, 3.05) is 0 Å². The van der Waals surface area contributed by atoms with Crippen LogP contribution in [0.25, 0.3) is 0 Å². The second-order valence-electron chi connectivity index (χ2n) is 5.96. The normalized spacial score (nSPS) is 24.6. The fourth-order valence-electron chi connectivity index (χ4n) is 3.44. The van der Waals surface area contributed by atoms with Crippen LogP contribution >= 0.6 is 12.2 Å². The average Bonchev–Trinajstić information content (AvgIpc) is 2.49. The lowest BCUT2D eigenvalue weighted by Crippen LogP contribution is -2.42. The van der Waals surface area contributed by atoms with Gasteiger partial charge in [-0.2, -0.15) is 0 Å². The highest BCUT2D eigenvalue weighted by atomic mass is 32.1. The fraction of sp³-hybridized carbons (Fsp3) is 0.786. The summed E-state index contributed by atoms with van der Waals surface area (Å²) < 4.78 is 0. The first-order valence-electron chi connectivity index (χ1n) is 7.11. The van der Waals surface area contributed by atoms with Crippen LogP contribution in [0.3, 0.4) is 0 Å². The van der Waals surface area contributed by atoms with Gasteiger partial charge >= 0.3 is 0 Å². The Bertz CT molecular complexity index is 400. The second kappa shape index (κ2) is 5.57. The largest absolute Gasteiger partial charge is 0.393 e. The van der Waals surface area contributed by atoms with Crippen molar-refractivity contribution in [1.82, 2.24) is 4.90 Å². The first kappa shape index (κ1) is 14.4. The van der Waals surface area contributed by atoms with E-state index < -0.39 is 5.41 Å². The molecule has 1 aliphatic heterocycles. The first-order chi connectivity index (χ1) is 8.96. The van der Waals surface area contributed by atoms with E-state index in [-0.39, 0.29) is 17.9 Å². The van der Waals surface area contributed by atoms with E-state index in [1.54, 1.807) is 0 Å². The number of thiocarbonyl (C=S) groups is 1. The van der Waals surface area contributed by atoms with Crippen LogP contribution in [0.4, 0.5) is 0 Å². The summed E-state index contributed by atoms with van der Waals surface area (Å²) in [5, 5.41) is 0. The van der Waals surface area contributed by atoms with E-state index in [0.29, 0.717) is 17.8 Å². The zero-order valence-electron chi connectivity index (χ0n) is 11.5. The molecule has 4 nitrogen and oxygen atoms in total. The quantitative estimate of drug-likeness (QED) is 0.636. The summed E-state index contributed by atoms with van der Waals surface area (Å²) >= 11 is 4.88. The molecule has 106 valence electrons. The van der Waals surface area contributed by atoms with Crippen molar-refractivity contribution in [2.45, 2.75) is 64.3 Å². The van der Waals surface area contributed by atoms with Crippen LogP contribution in [-0.4, -0.2) is 27.7 Å². The summed E-state index contributed by atoms with van der Waals surface area (Å²) in [5.41, 5.74) is 5.11. The number of carbonyl (C=O) groups excluding carboxylic acids is 2. The molecule has 1 unspecified atom stereocenters. The number of nitrogens with zero attached hydrogens (tertiary/aromatic N) is 1. The predicted molar refractivity (Wildman–Crippen MR) is 77.5 cm³/mol. The third-order valence-corrected chi connectivity index (χ3v) is 4.60. The first-order valence-corrected chi connectivity index (χ1v) is 7.52. The number of imide groups is 1. The SMILES string of the molecule is CC(CC(N)=S)N1C(=O)CC2(CCCCCC2)C1=O. The van der Waals surface area contributed by atoms with Crippen molar-refractivity contribution in [3.63, 3.8) is 0 Å². The summed E-state index contributed by atoms with van der Waals surface area (Å²) in [4.78, 5) is 26.7. The molecule has 1 aliphatic carbocycles. The van der Waals surface area contributed by atoms with Crippen LogP contribution < -0.4 is 5.73 Å². The topological polar surface area (TPSA) is 63.4 Å². The van der Waals surface area contributed by atoms with Gasteiger partial charge < -0.3 is 5.73 Å². The highest BCUT2D eigenvalue weighted by Gasteiger charge is 2.52. The van der Waals surface area contributed by atoms with E-state index in [0.717, 1.165) is 25.7 Å². The van der Waals surface area contributed by atoms with E-state index >= 15 is 0 Å². The van der Waals surface area contributed by atoms with Gasteiger partial charge in [-0.1, -0.05) is 37.9 Å². The van der Waals surface area contributed by atoms with Crippen LogP contribution in [0, 0.1) is 5.41 Å². The van der Waals surface area contributed by atoms with Gasteiger partial charge in [0.25, 0.3) is 0 Å². The van der Waals surface area contributed by atoms with E-state index in [1.807, 2.05) is 6.92 Å². The summed E-state index contributed by atoms with van der Waals surface area (Å²) in [6, 6.07) is -0.208. The Kier molecular flexibility index (Phi) is 4.23. The smallest absolute Gasteiger partial charge is 0.236 e. The van der Waals surface area contributed by atoms with Gasteiger partial charge in [0, 0.05) is 18.9 Å². The van der Waals surface area contributed by atoms with Gasteiger partial charge in [-0.15, -0.1) is 0 Å². The molecule has 5 heteroatoms. The number of carbonyl (C=O) groups is 2. The van der Waals surface area contributed by atoms with Crippen molar-refractivity contribution >= 4 is 29.0 Å². The predicted octanol–water partition coefficient (Wildman–Crippen LogP) is 2.15. The number of amides is 2. The fourth-order valence-corrected chi connectivity index (χ4v) is 3.68. The lowest BCUT2D eigenvalue weighted by molar-refractivity contribution is -0.143. The van der Waals surface area contributed by atoms with E-state index in [9.17, 15) is 9.59 Å². The number of likely N-dealkylation sites (tertiary alicyclic amines) is 1. The molecule has 0 aromatic heterocycles. The molecule has 2 N–H and O–H groups in total. The molecule has 1 heterocycles. The molecule has 19 heavy (non-hydrogen) atoms. The van der Waals surface area contributed by atoms with E-state index in [1.165, 1.54) is 17.7 Å². The Labute approximate surface area is 119 Å². The summed E-state index contributed by atoms with van der Waals surface area (Å²) in [5.74, 6) is -0.0289. The molecule has 0 aromatic carbocycles. The summed E-state index contributed by atoms with van der Waals surface area (Å²) in [6.07, 6.45) is 6.96. The minimum absolute atomic E-state index is 0.0168. The van der Waals surface area contributed by atoms with Gasteiger partial charge in [-0.05, 0) is 19.8 Å². The molecule has 2 fully saturated rings. The Balaban J connectivity index is 2.17. The van der Waals surface area contributed by atoms with Gasteiger partial charge in [-0.25, -0.2) is 0 Å². The maximum Gasteiger partial charge on any atom is 0.236 e. The molecular formula is C14H22N2O2S. The number of hydrogen-bond donors (Lipinski definition) is 1. The molecule has 0 aromatic rings. The lowest BCUT2D eigenvalue weighted by Gasteiger charge is -2.27. The van der Waals surface area contributed by atoms with Crippen molar-refractivity contribution < 1.29 is 9.59 Å². The molecule has 0 radical (unpaired) electrons. The van der Waals surface area contributed by atoms with Crippen molar-refractivity contribution in [3.05, 3.63) is 0 Å². The number of nitrogens with two attached hydrogens (primary N) is 1. The average molecular weight is 282 g/mol. The van der Waals surface area contributed by atoms with Crippen molar-refractivity contribution in [2.24, 2.45) is 11.1 Å². The molecule has 1 spiro atoms. The standard InChI is InChI=1S/C14H22N2O2S/c1-10(8-11(15)19)16-12(17)9-14(13(16)18)6-4-2-3-5-7-14/h10H,2-9H2,1H3,(H2,15,19). The van der Waals surface area contributed by atoms with Gasteiger partial charge in [0.05, 0.1) is 10.4 Å². The Morgan fingerprint density at radius 1 is 1.32 bits per heavy atom. The van der Waals surface area contributed by atoms with E-state index in [2.05, 4.69) is 0 Å². The minimum Gasteiger partial charge on any atom is -0.393 e. The maximum absolute atomic E-state index is 12.7. The zero-order chi connectivity index (χ0) is 14.0.